The Morgan fingerprint density at radius 1 is 1.42 bits per heavy atom. The van der Waals surface area contributed by atoms with Crippen molar-refractivity contribution in [1.82, 2.24) is 4.90 Å². The van der Waals surface area contributed by atoms with E-state index in [0.717, 1.165) is 18.0 Å². The van der Waals surface area contributed by atoms with Crippen molar-refractivity contribution in [3.05, 3.63) is 24.3 Å². The number of anilines is 1. The average Bonchev–Trinajstić information content (AvgIpc) is 2.43. The Labute approximate surface area is 113 Å². The fourth-order valence-corrected chi connectivity index (χ4v) is 2.33. The van der Waals surface area contributed by atoms with E-state index in [-0.39, 0.29) is 11.9 Å². The third-order valence-electron chi connectivity index (χ3n) is 3.48. The minimum atomic E-state index is 0.0518. The van der Waals surface area contributed by atoms with Gasteiger partial charge in [-0.15, -0.1) is 0 Å². The van der Waals surface area contributed by atoms with E-state index in [2.05, 4.69) is 0 Å². The van der Waals surface area contributed by atoms with Crippen molar-refractivity contribution in [2.45, 2.75) is 13.0 Å². The van der Waals surface area contributed by atoms with E-state index in [4.69, 9.17) is 10.5 Å². The van der Waals surface area contributed by atoms with Crippen molar-refractivity contribution in [2.24, 2.45) is 5.73 Å². The van der Waals surface area contributed by atoms with Crippen LogP contribution in [0.1, 0.15) is 6.92 Å². The average molecular weight is 263 g/mol. The van der Waals surface area contributed by atoms with Crippen molar-refractivity contribution in [1.29, 1.82) is 0 Å². The molecular formula is C14H21N3O2. The minimum Gasteiger partial charge on any atom is -0.492 e. The van der Waals surface area contributed by atoms with Crippen LogP contribution < -0.4 is 15.4 Å². The number of benzene rings is 1. The van der Waals surface area contributed by atoms with Gasteiger partial charge >= 0.3 is 0 Å². The molecule has 1 atom stereocenters. The first-order valence-electron chi connectivity index (χ1n) is 6.59. The summed E-state index contributed by atoms with van der Waals surface area (Å²) >= 11 is 0. The first kappa shape index (κ1) is 13.7. The van der Waals surface area contributed by atoms with E-state index >= 15 is 0 Å². The number of ether oxygens (including phenoxy) is 1. The molecular weight excluding hydrogens is 242 g/mol. The first-order chi connectivity index (χ1) is 9.17. The highest BCUT2D eigenvalue weighted by Gasteiger charge is 2.30. The number of para-hydroxylation sites is 2. The van der Waals surface area contributed by atoms with Crippen LogP contribution in [0.4, 0.5) is 5.69 Å². The van der Waals surface area contributed by atoms with Crippen LogP contribution in [-0.2, 0) is 4.79 Å². The molecule has 0 bridgehead atoms. The molecule has 0 radical (unpaired) electrons. The van der Waals surface area contributed by atoms with Crippen LogP contribution in [-0.4, -0.2) is 50.1 Å². The number of rotatable bonds is 4. The third kappa shape index (κ3) is 2.81. The zero-order chi connectivity index (χ0) is 13.8. The van der Waals surface area contributed by atoms with Crippen LogP contribution >= 0.6 is 0 Å². The van der Waals surface area contributed by atoms with E-state index < -0.39 is 0 Å². The van der Waals surface area contributed by atoms with E-state index in [0.29, 0.717) is 19.7 Å². The molecule has 1 aromatic carbocycles. The lowest BCUT2D eigenvalue weighted by molar-refractivity contribution is -0.131. The molecule has 1 aromatic rings. The lowest BCUT2D eigenvalue weighted by atomic mass is 10.1. The summed E-state index contributed by atoms with van der Waals surface area (Å²) in [7, 11) is 1.81. The zero-order valence-corrected chi connectivity index (χ0v) is 11.5. The van der Waals surface area contributed by atoms with Gasteiger partial charge in [0.25, 0.3) is 0 Å². The van der Waals surface area contributed by atoms with Crippen LogP contribution in [0.25, 0.3) is 0 Å². The number of carbonyl (C=O) groups excluding carboxylic acids is 1. The number of carbonyl (C=O) groups is 1. The Bertz CT molecular complexity index is 450. The van der Waals surface area contributed by atoms with E-state index in [9.17, 15) is 4.79 Å². The summed E-state index contributed by atoms with van der Waals surface area (Å²) in [6, 6.07) is 7.86. The van der Waals surface area contributed by atoms with Crippen LogP contribution in [0.5, 0.6) is 5.75 Å². The molecule has 1 amide bonds. The van der Waals surface area contributed by atoms with Gasteiger partial charge in [-0.1, -0.05) is 12.1 Å². The number of likely N-dealkylation sites (N-methyl/N-ethyl adjacent to an activating group) is 1. The molecule has 0 aromatic heterocycles. The predicted octanol–water partition coefficient (Wildman–Crippen LogP) is 0.691. The summed E-state index contributed by atoms with van der Waals surface area (Å²) in [5, 5.41) is 0. The van der Waals surface area contributed by atoms with Gasteiger partial charge in [0.05, 0.1) is 24.9 Å². The first-order valence-corrected chi connectivity index (χ1v) is 6.59. The maximum Gasteiger partial charge on any atom is 0.242 e. The maximum atomic E-state index is 12.0. The minimum absolute atomic E-state index is 0.0518. The molecule has 1 heterocycles. The molecule has 1 aliphatic heterocycles. The van der Waals surface area contributed by atoms with Gasteiger partial charge in [0, 0.05) is 20.1 Å². The Morgan fingerprint density at radius 3 is 2.84 bits per heavy atom. The van der Waals surface area contributed by atoms with Crippen LogP contribution in [0.15, 0.2) is 24.3 Å². The van der Waals surface area contributed by atoms with Gasteiger partial charge in [0.1, 0.15) is 5.75 Å². The quantitative estimate of drug-likeness (QED) is 0.868. The standard InChI is InChI=1S/C14H21N3O2/c1-3-19-13-7-5-4-6-12(13)17-9-11(8-15)16(2)14(18)10-17/h4-7,11H,3,8-10,15H2,1-2H3. The zero-order valence-electron chi connectivity index (χ0n) is 11.5. The lowest BCUT2D eigenvalue weighted by Crippen LogP contribution is -2.57. The highest BCUT2D eigenvalue weighted by atomic mass is 16.5. The second-order valence-corrected chi connectivity index (χ2v) is 4.68. The van der Waals surface area contributed by atoms with Crippen LogP contribution in [0.2, 0.25) is 0 Å². The van der Waals surface area contributed by atoms with Crippen LogP contribution in [0, 0.1) is 0 Å². The molecule has 1 unspecified atom stereocenters. The molecule has 19 heavy (non-hydrogen) atoms. The summed E-state index contributed by atoms with van der Waals surface area (Å²) in [5.41, 5.74) is 6.70. The van der Waals surface area contributed by atoms with Crippen LogP contribution in [0.3, 0.4) is 0 Å². The maximum absolute atomic E-state index is 12.0. The second-order valence-electron chi connectivity index (χ2n) is 4.68. The van der Waals surface area contributed by atoms with Crippen molar-refractivity contribution in [2.75, 3.05) is 38.2 Å². The Morgan fingerprint density at radius 2 is 2.16 bits per heavy atom. The summed E-state index contributed by atoms with van der Waals surface area (Å²) in [4.78, 5) is 15.8. The smallest absolute Gasteiger partial charge is 0.242 e. The van der Waals surface area contributed by atoms with Crippen molar-refractivity contribution in [3.63, 3.8) is 0 Å². The van der Waals surface area contributed by atoms with Crippen molar-refractivity contribution >= 4 is 11.6 Å². The summed E-state index contributed by atoms with van der Waals surface area (Å²) in [5.74, 6) is 0.908. The van der Waals surface area contributed by atoms with Gasteiger partial charge in [0.2, 0.25) is 5.91 Å². The Kier molecular flexibility index (Phi) is 4.27. The molecule has 1 fully saturated rings. The molecule has 104 valence electrons. The van der Waals surface area contributed by atoms with Gasteiger partial charge < -0.3 is 20.3 Å². The highest BCUT2D eigenvalue weighted by Crippen LogP contribution is 2.29. The monoisotopic (exact) mass is 263 g/mol. The van der Waals surface area contributed by atoms with Gasteiger partial charge in [-0.3, -0.25) is 4.79 Å². The largest absolute Gasteiger partial charge is 0.492 e. The second kappa shape index (κ2) is 5.93. The van der Waals surface area contributed by atoms with Gasteiger partial charge in [-0.05, 0) is 19.1 Å². The van der Waals surface area contributed by atoms with Gasteiger partial charge in [-0.2, -0.15) is 0 Å². The molecule has 0 aliphatic carbocycles. The summed E-state index contributed by atoms with van der Waals surface area (Å²) in [6.07, 6.45) is 0. The van der Waals surface area contributed by atoms with Gasteiger partial charge in [-0.25, -0.2) is 0 Å². The predicted molar refractivity (Wildman–Crippen MR) is 75.4 cm³/mol. The molecule has 5 heteroatoms. The topological polar surface area (TPSA) is 58.8 Å². The SMILES string of the molecule is CCOc1ccccc1N1CC(=O)N(C)C(CN)C1. The third-order valence-corrected chi connectivity index (χ3v) is 3.48. The number of hydrogen-bond acceptors (Lipinski definition) is 4. The fraction of sp³-hybridized carbons (Fsp3) is 0.500. The number of piperazine rings is 1. The summed E-state index contributed by atoms with van der Waals surface area (Å²) in [6.45, 7) is 4.14. The fourth-order valence-electron chi connectivity index (χ4n) is 2.33. The number of amides is 1. The number of nitrogens with zero attached hydrogens (tertiary/aromatic N) is 2. The van der Waals surface area contributed by atoms with E-state index in [1.165, 1.54) is 0 Å². The van der Waals surface area contributed by atoms with E-state index in [1.54, 1.807) is 4.90 Å². The molecule has 1 aliphatic rings. The lowest BCUT2D eigenvalue weighted by Gasteiger charge is -2.40. The molecule has 2 N–H and O–H groups in total. The molecule has 1 saturated heterocycles. The summed E-state index contributed by atoms with van der Waals surface area (Å²) < 4.78 is 5.62. The Balaban J connectivity index is 2.24. The van der Waals surface area contributed by atoms with Crippen molar-refractivity contribution in [3.8, 4) is 5.75 Å². The Hall–Kier alpha value is -1.75. The van der Waals surface area contributed by atoms with Gasteiger partial charge in [0.15, 0.2) is 0 Å². The molecule has 5 nitrogen and oxygen atoms in total. The normalized spacial score (nSPS) is 19.7. The number of nitrogens with two attached hydrogens (primary N) is 1. The number of hydrogen-bond donors (Lipinski definition) is 1. The molecule has 0 saturated carbocycles. The molecule has 2 rings (SSSR count). The van der Waals surface area contributed by atoms with E-state index in [1.807, 2.05) is 43.1 Å². The highest BCUT2D eigenvalue weighted by molar-refractivity contribution is 5.83. The van der Waals surface area contributed by atoms with Crippen molar-refractivity contribution < 1.29 is 9.53 Å². The molecule has 0 spiro atoms.